The number of nitrogens with zero attached hydrogens (tertiary/aromatic N) is 4. The Kier molecular flexibility index (Phi) is 6.97. The van der Waals surface area contributed by atoms with Gasteiger partial charge in [-0.25, -0.2) is 4.98 Å². The van der Waals surface area contributed by atoms with Crippen LogP contribution in [0.1, 0.15) is 31.2 Å². The maximum Gasteiger partial charge on any atom is 0.273 e. The van der Waals surface area contributed by atoms with Crippen molar-refractivity contribution in [2.24, 2.45) is 0 Å². The number of hydrogen-bond acceptors (Lipinski definition) is 9. The van der Waals surface area contributed by atoms with E-state index in [4.69, 9.17) is 14.7 Å². The number of phenolic OH excluding ortho intramolecular Hbond substituents is 1. The molecule has 0 bridgehead atoms. The first-order valence-electron chi connectivity index (χ1n) is 11.3. The quantitative estimate of drug-likeness (QED) is 0.335. The summed E-state index contributed by atoms with van der Waals surface area (Å²) < 4.78 is 5.08. The van der Waals surface area contributed by atoms with E-state index >= 15 is 0 Å². The van der Waals surface area contributed by atoms with E-state index in [9.17, 15) is 15.2 Å². The van der Waals surface area contributed by atoms with Gasteiger partial charge in [0.1, 0.15) is 5.82 Å². The van der Waals surface area contributed by atoms with Gasteiger partial charge >= 0.3 is 0 Å². The fourth-order valence-corrected chi connectivity index (χ4v) is 4.39. The third-order valence-corrected chi connectivity index (χ3v) is 6.22. The van der Waals surface area contributed by atoms with Crippen LogP contribution < -0.4 is 20.3 Å². The van der Waals surface area contributed by atoms with Crippen LogP contribution in [-0.4, -0.2) is 53.3 Å². The van der Waals surface area contributed by atoms with Crippen molar-refractivity contribution in [1.82, 2.24) is 15.3 Å². The van der Waals surface area contributed by atoms with E-state index in [-0.39, 0.29) is 29.3 Å². The first-order chi connectivity index (χ1) is 16.4. The molecule has 0 amide bonds. The second-order valence-corrected chi connectivity index (χ2v) is 8.77. The molecule has 0 unspecified atom stereocenters. The Bertz CT molecular complexity index is 1180. The average Bonchev–Trinajstić information content (AvgIpc) is 2.83. The molecular formula is C24H30N6O4. The van der Waals surface area contributed by atoms with E-state index in [1.807, 2.05) is 43.3 Å². The monoisotopic (exact) mass is 466 g/mol. The highest BCUT2D eigenvalue weighted by Crippen LogP contribution is 2.35. The summed E-state index contributed by atoms with van der Waals surface area (Å²) in [7, 11) is 5.33. The number of aromatic hydroxyl groups is 1. The fraction of sp³-hybridized carbons (Fsp3) is 0.417. The third-order valence-electron chi connectivity index (χ3n) is 6.22. The van der Waals surface area contributed by atoms with Gasteiger partial charge in [0.25, 0.3) is 5.69 Å². The zero-order valence-electron chi connectivity index (χ0n) is 19.6. The molecule has 4 rings (SSSR count). The second-order valence-electron chi connectivity index (χ2n) is 8.77. The van der Waals surface area contributed by atoms with Gasteiger partial charge in [0, 0.05) is 49.7 Å². The molecule has 34 heavy (non-hydrogen) atoms. The topological polar surface area (TPSA) is 126 Å². The van der Waals surface area contributed by atoms with Crippen molar-refractivity contribution < 1.29 is 14.8 Å². The lowest BCUT2D eigenvalue weighted by Crippen LogP contribution is -2.37. The van der Waals surface area contributed by atoms with Gasteiger partial charge in [-0.3, -0.25) is 10.1 Å². The molecule has 1 fully saturated rings. The summed E-state index contributed by atoms with van der Waals surface area (Å²) in [5.41, 5.74) is 1.25. The standard InChI is InChI=1S/C24H30N6O4/c1-29(2)23-19-6-4-5-7-20(19)27-24(28-23)26-17-10-8-16(9-11-17)25-14-15-12-18(30(32)33)13-21(34-3)22(15)31/h4-7,12-13,16-17,25,31H,8-11,14H2,1-3H3,(H,26,27,28). The highest BCUT2D eigenvalue weighted by molar-refractivity contribution is 5.90. The highest BCUT2D eigenvalue weighted by Gasteiger charge is 2.23. The van der Waals surface area contributed by atoms with Crippen molar-refractivity contribution in [3.8, 4) is 11.5 Å². The van der Waals surface area contributed by atoms with E-state index < -0.39 is 4.92 Å². The van der Waals surface area contributed by atoms with Crippen LogP contribution in [0.4, 0.5) is 17.5 Å². The van der Waals surface area contributed by atoms with E-state index in [0.29, 0.717) is 18.1 Å². The van der Waals surface area contributed by atoms with Crippen LogP contribution in [0, 0.1) is 10.1 Å². The van der Waals surface area contributed by atoms with Crippen molar-refractivity contribution >= 4 is 28.4 Å². The molecule has 3 N–H and O–H groups in total. The molecular weight excluding hydrogens is 436 g/mol. The minimum Gasteiger partial charge on any atom is -0.504 e. The maximum absolute atomic E-state index is 11.2. The van der Waals surface area contributed by atoms with E-state index in [1.165, 1.54) is 19.2 Å². The number of methoxy groups -OCH3 is 1. The summed E-state index contributed by atoms with van der Waals surface area (Å²) in [5.74, 6) is 1.55. The van der Waals surface area contributed by atoms with Crippen LogP contribution in [0.15, 0.2) is 36.4 Å². The number of non-ortho nitro benzene ring substituents is 1. The fourth-order valence-electron chi connectivity index (χ4n) is 4.39. The number of anilines is 2. The summed E-state index contributed by atoms with van der Waals surface area (Å²) >= 11 is 0. The second kappa shape index (κ2) is 10.1. The largest absolute Gasteiger partial charge is 0.504 e. The Balaban J connectivity index is 1.37. The Hall–Kier alpha value is -3.66. The summed E-state index contributed by atoms with van der Waals surface area (Å²) in [6.45, 7) is 0.326. The molecule has 0 atom stereocenters. The number of para-hydroxylation sites is 1. The van der Waals surface area contributed by atoms with E-state index in [0.717, 1.165) is 42.4 Å². The van der Waals surface area contributed by atoms with Crippen LogP contribution in [0.25, 0.3) is 10.9 Å². The number of benzene rings is 2. The number of rotatable bonds is 8. The van der Waals surface area contributed by atoms with Crippen molar-refractivity contribution in [2.75, 3.05) is 31.4 Å². The summed E-state index contributed by atoms with van der Waals surface area (Å²) in [4.78, 5) is 22.1. The predicted octanol–water partition coefficient (Wildman–Crippen LogP) is 3.83. The van der Waals surface area contributed by atoms with Crippen molar-refractivity contribution in [3.05, 3.63) is 52.1 Å². The van der Waals surface area contributed by atoms with Crippen molar-refractivity contribution in [2.45, 2.75) is 44.3 Å². The number of phenols is 1. The zero-order chi connectivity index (χ0) is 24.2. The number of nitro groups is 1. The SMILES string of the molecule is COc1cc([N+](=O)[O-])cc(CNC2CCC(Nc3nc(N(C)C)c4ccccc4n3)CC2)c1O. The summed E-state index contributed by atoms with van der Waals surface area (Å²) in [6, 6.07) is 11.1. The van der Waals surface area contributed by atoms with Gasteiger partial charge in [-0.05, 0) is 37.8 Å². The highest BCUT2D eigenvalue weighted by atomic mass is 16.6. The Morgan fingerprint density at radius 2 is 1.85 bits per heavy atom. The zero-order valence-corrected chi connectivity index (χ0v) is 19.6. The van der Waals surface area contributed by atoms with Crippen LogP contribution in [0.5, 0.6) is 11.5 Å². The molecule has 0 spiro atoms. The number of ether oxygens (including phenoxy) is 1. The van der Waals surface area contributed by atoms with Crippen molar-refractivity contribution in [3.63, 3.8) is 0 Å². The molecule has 10 nitrogen and oxygen atoms in total. The van der Waals surface area contributed by atoms with Crippen molar-refractivity contribution in [1.29, 1.82) is 0 Å². The molecule has 10 heteroatoms. The smallest absolute Gasteiger partial charge is 0.273 e. The minimum atomic E-state index is -0.487. The van der Waals surface area contributed by atoms with Gasteiger partial charge in [0.05, 0.1) is 23.6 Å². The number of nitro benzene ring substituents is 1. The van der Waals surface area contributed by atoms with Gasteiger partial charge < -0.3 is 25.4 Å². The maximum atomic E-state index is 11.2. The van der Waals surface area contributed by atoms with Gasteiger partial charge in [0.2, 0.25) is 5.95 Å². The number of nitrogens with one attached hydrogen (secondary N) is 2. The number of aromatic nitrogens is 2. The molecule has 1 aliphatic carbocycles. The minimum absolute atomic E-state index is 0.0684. The van der Waals surface area contributed by atoms with Gasteiger partial charge in [-0.1, -0.05) is 12.1 Å². The normalized spacial score (nSPS) is 18.0. The number of fused-ring (bicyclic) bond motifs is 1. The lowest BCUT2D eigenvalue weighted by Gasteiger charge is -2.30. The summed E-state index contributed by atoms with van der Waals surface area (Å²) in [5, 5.41) is 29.5. The van der Waals surface area contributed by atoms with Gasteiger partial charge in [-0.15, -0.1) is 0 Å². The van der Waals surface area contributed by atoms with Crippen LogP contribution in [-0.2, 0) is 6.54 Å². The summed E-state index contributed by atoms with van der Waals surface area (Å²) in [6.07, 6.45) is 3.74. The van der Waals surface area contributed by atoms with Crippen LogP contribution in [0.2, 0.25) is 0 Å². The molecule has 0 aliphatic heterocycles. The Morgan fingerprint density at radius 1 is 1.15 bits per heavy atom. The lowest BCUT2D eigenvalue weighted by molar-refractivity contribution is -0.385. The molecule has 3 aromatic rings. The van der Waals surface area contributed by atoms with E-state index in [1.54, 1.807) is 0 Å². The van der Waals surface area contributed by atoms with Gasteiger partial charge in [0.15, 0.2) is 11.5 Å². The number of hydrogen-bond donors (Lipinski definition) is 3. The first-order valence-corrected chi connectivity index (χ1v) is 11.3. The molecule has 1 heterocycles. The molecule has 0 radical (unpaired) electrons. The Morgan fingerprint density at radius 3 is 2.53 bits per heavy atom. The molecule has 1 aromatic heterocycles. The first kappa shape index (κ1) is 23.5. The molecule has 0 saturated heterocycles. The third kappa shape index (κ3) is 5.12. The molecule has 2 aromatic carbocycles. The predicted molar refractivity (Wildman–Crippen MR) is 132 cm³/mol. The van der Waals surface area contributed by atoms with Crippen LogP contribution in [0.3, 0.4) is 0 Å². The lowest BCUT2D eigenvalue weighted by atomic mass is 9.91. The molecule has 180 valence electrons. The average molecular weight is 467 g/mol. The molecule has 1 aliphatic rings. The van der Waals surface area contributed by atoms with Gasteiger partial charge in [-0.2, -0.15) is 4.98 Å². The Labute approximate surface area is 198 Å². The van der Waals surface area contributed by atoms with Crippen LogP contribution >= 0.6 is 0 Å². The van der Waals surface area contributed by atoms with E-state index in [2.05, 4.69) is 10.6 Å². The molecule has 1 saturated carbocycles.